The van der Waals surface area contributed by atoms with Crippen molar-refractivity contribution in [2.75, 3.05) is 0 Å². The van der Waals surface area contributed by atoms with Gasteiger partial charge < -0.3 is 10.4 Å². The van der Waals surface area contributed by atoms with E-state index in [9.17, 15) is 9.50 Å². The predicted molar refractivity (Wildman–Crippen MR) is 62.8 cm³/mol. The first-order valence-electron chi connectivity index (χ1n) is 5.32. The van der Waals surface area contributed by atoms with Gasteiger partial charge in [-0.2, -0.15) is 0 Å². The van der Waals surface area contributed by atoms with Crippen molar-refractivity contribution in [1.29, 1.82) is 0 Å². The van der Waals surface area contributed by atoms with Crippen LogP contribution in [-0.2, 0) is 13.1 Å². The molecule has 0 aliphatic heterocycles. The minimum Gasteiger partial charge on any atom is -0.508 e. The first kappa shape index (κ1) is 11.5. The Hall–Kier alpha value is -1.94. The van der Waals surface area contributed by atoms with Crippen LogP contribution >= 0.6 is 0 Å². The van der Waals surface area contributed by atoms with Crippen LogP contribution in [0.1, 0.15) is 11.1 Å². The Morgan fingerprint density at radius 2 is 1.76 bits per heavy atom. The fourth-order valence-electron chi connectivity index (χ4n) is 1.59. The molecule has 0 radical (unpaired) electrons. The quantitative estimate of drug-likeness (QED) is 0.849. The predicted octanol–water partition coefficient (Wildman–Crippen LogP) is 2.22. The van der Waals surface area contributed by atoms with Crippen LogP contribution in [0.15, 0.2) is 42.7 Å². The van der Waals surface area contributed by atoms with E-state index in [1.165, 1.54) is 6.07 Å². The molecule has 2 rings (SSSR count). The maximum Gasteiger partial charge on any atom is 0.127 e. The third kappa shape index (κ3) is 3.53. The van der Waals surface area contributed by atoms with Gasteiger partial charge in [0, 0.05) is 31.5 Å². The van der Waals surface area contributed by atoms with Crippen LogP contribution in [0.3, 0.4) is 0 Å². The molecule has 2 N–H and O–H groups in total. The van der Waals surface area contributed by atoms with Crippen LogP contribution in [-0.4, -0.2) is 10.1 Å². The molecule has 0 unspecified atom stereocenters. The first-order valence-corrected chi connectivity index (χ1v) is 5.32. The molecular weight excluding hydrogens is 219 g/mol. The lowest BCUT2D eigenvalue weighted by molar-refractivity contribution is 0.467. The van der Waals surface area contributed by atoms with Crippen LogP contribution in [0.4, 0.5) is 4.39 Å². The minimum atomic E-state index is -0.425. The van der Waals surface area contributed by atoms with Crippen LogP contribution < -0.4 is 5.32 Å². The zero-order valence-electron chi connectivity index (χ0n) is 9.23. The van der Waals surface area contributed by atoms with Crippen LogP contribution in [0, 0.1) is 5.82 Å². The summed E-state index contributed by atoms with van der Waals surface area (Å²) in [6.07, 6.45) is 3.45. The molecule has 3 nitrogen and oxygen atoms in total. The monoisotopic (exact) mass is 232 g/mol. The number of phenols is 1. The molecule has 0 bridgehead atoms. The van der Waals surface area contributed by atoms with Gasteiger partial charge in [-0.25, -0.2) is 4.39 Å². The van der Waals surface area contributed by atoms with Gasteiger partial charge in [0.2, 0.25) is 0 Å². The summed E-state index contributed by atoms with van der Waals surface area (Å²) in [6, 6.07) is 7.86. The summed E-state index contributed by atoms with van der Waals surface area (Å²) in [5.41, 5.74) is 1.83. The standard InChI is InChI=1S/C13H13FN2O/c14-12-5-11(6-13(17)7-12)9-16-8-10-1-3-15-4-2-10/h1-7,16-17H,8-9H2. The van der Waals surface area contributed by atoms with E-state index in [-0.39, 0.29) is 5.75 Å². The van der Waals surface area contributed by atoms with E-state index in [2.05, 4.69) is 10.3 Å². The van der Waals surface area contributed by atoms with Crippen molar-refractivity contribution in [2.24, 2.45) is 0 Å². The van der Waals surface area contributed by atoms with Crippen molar-refractivity contribution in [3.63, 3.8) is 0 Å². The van der Waals surface area contributed by atoms with Crippen molar-refractivity contribution in [2.45, 2.75) is 13.1 Å². The highest BCUT2D eigenvalue weighted by Crippen LogP contribution is 2.14. The molecule has 0 amide bonds. The highest BCUT2D eigenvalue weighted by atomic mass is 19.1. The normalized spacial score (nSPS) is 10.4. The number of phenolic OH excluding ortho intramolecular Hbond substituents is 1. The molecule has 4 heteroatoms. The summed E-state index contributed by atoms with van der Waals surface area (Å²) in [6.45, 7) is 1.19. The number of aromatic hydroxyl groups is 1. The van der Waals surface area contributed by atoms with E-state index in [1.807, 2.05) is 12.1 Å². The number of hydrogen-bond donors (Lipinski definition) is 2. The van der Waals surface area contributed by atoms with Crippen LogP contribution in [0.5, 0.6) is 5.75 Å². The van der Waals surface area contributed by atoms with E-state index in [1.54, 1.807) is 18.5 Å². The molecule has 0 fully saturated rings. The van der Waals surface area contributed by atoms with Gasteiger partial charge >= 0.3 is 0 Å². The van der Waals surface area contributed by atoms with Crippen LogP contribution in [0.2, 0.25) is 0 Å². The van der Waals surface area contributed by atoms with Crippen molar-refractivity contribution in [3.05, 3.63) is 59.7 Å². The second-order valence-electron chi connectivity index (χ2n) is 3.78. The average molecular weight is 232 g/mol. The Kier molecular flexibility index (Phi) is 3.67. The van der Waals surface area contributed by atoms with Crippen LogP contribution in [0.25, 0.3) is 0 Å². The van der Waals surface area contributed by atoms with E-state index >= 15 is 0 Å². The van der Waals surface area contributed by atoms with Gasteiger partial charge in [0.25, 0.3) is 0 Å². The maximum atomic E-state index is 13.0. The lowest BCUT2D eigenvalue weighted by Crippen LogP contribution is -2.12. The Balaban J connectivity index is 1.90. The topological polar surface area (TPSA) is 45.1 Å². The lowest BCUT2D eigenvalue weighted by atomic mass is 10.2. The summed E-state index contributed by atoms with van der Waals surface area (Å²) < 4.78 is 13.0. The van der Waals surface area contributed by atoms with Gasteiger partial charge in [-0.05, 0) is 35.4 Å². The van der Waals surface area contributed by atoms with Gasteiger partial charge in [0.05, 0.1) is 0 Å². The van der Waals surface area contributed by atoms with Gasteiger partial charge in [-0.3, -0.25) is 4.98 Å². The number of hydrogen-bond acceptors (Lipinski definition) is 3. The molecule has 0 saturated heterocycles. The number of pyridine rings is 1. The number of benzene rings is 1. The van der Waals surface area contributed by atoms with Gasteiger partial charge in [-0.1, -0.05) is 0 Å². The summed E-state index contributed by atoms with van der Waals surface area (Å²) in [5.74, 6) is -0.476. The number of halogens is 1. The Labute approximate surface area is 98.9 Å². The Morgan fingerprint density at radius 1 is 1.06 bits per heavy atom. The number of nitrogens with zero attached hydrogens (tertiary/aromatic N) is 1. The number of aromatic nitrogens is 1. The smallest absolute Gasteiger partial charge is 0.127 e. The Morgan fingerprint density at radius 3 is 2.47 bits per heavy atom. The van der Waals surface area contributed by atoms with Crippen molar-refractivity contribution >= 4 is 0 Å². The molecule has 1 aromatic carbocycles. The molecule has 2 aromatic rings. The third-order valence-corrected chi connectivity index (χ3v) is 2.35. The molecule has 1 heterocycles. The molecule has 88 valence electrons. The van der Waals surface area contributed by atoms with Gasteiger partial charge in [0.1, 0.15) is 11.6 Å². The summed E-state index contributed by atoms with van der Waals surface area (Å²) in [7, 11) is 0. The van der Waals surface area contributed by atoms with E-state index in [0.717, 1.165) is 17.2 Å². The van der Waals surface area contributed by atoms with Gasteiger partial charge in [-0.15, -0.1) is 0 Å². The van der Waals surface area contributed by atoms with Crippen molar-refractivity contribution in [1.82, 2.24) is 10.3 Å². The highest BCUT2D eigenvalue weighted by molar-refractivity contribution is 5.28. The lowest BCUT2D eigenvalue weighted by Gasteiger charge is -2.05. The first-order chi connectivity index (χ1) is 8.24. The van der Waals surface area contributed by atoms with Gasteiger partial charge in [0.15, 0.2) is 0 Å². The van der Waals surface area contributed by atoms with E-state index in [0.29, 0.717) is 13.1 Å². The molecule has 0 spiro atoms. The average Bonchev–Trinajstić information content (AvgIpc) is 2.29. The largest absolute Gasteiger partial charge is 0.508 e. The molecule has 0 aliphatic rings. The van der Waals surface area contributed by atoms with E-state index < -0.39 is 5.82 Å². The zero-order chi connectivity index (χ0) is 12.1. The number of nitrogens with one attached hydrogen (secondary N) is 1. The summed E-state index contributed by atoms with van der Waals surface area (Å²) in [5, 5.41) is 12.4. The fourth-order valence-corrected chi connectivity index (χ4v) is 1.59. The molecule has 0 saturated carbocycles. The zero-order valence-corrected chi connectivity index (χ0v) is 9.23. The fraction of sp³-hybridized carbons (Fsp3) is 0.154. The third-order valence-electron chi connectivity index (χ3n) is 2.35. The summed E-state index contributed by atoms with van der Waals surface area (Å²) in [4.78, 5) is 3.92. The van der Waals surface area contributed by atoms with Crippen molar-refractivity contribution in [3.8, 4) is 5.75 Å². The second-order valence-corrected chi connectivity index (χ2v) is 3.78. The van der Waals surface area contributed by atoms with E-state index in [4.69, 9.17) is 0 Å². The summed E-state index contributed by atoms with van der Waals surface area (Å²) >= 11 is 0. The number of rotatable bonds is 4. The molecule has 1 aromatic heterocycles. The Bertz CT molecular complexity index is 468. The highest BCUT2D eigenvalue weighted by Gasteiger charge is 1.99. The van der Waals surface area contributed by atoms with Crippen molar-refractivity contribution < 1.29 is 9.50 Å². The molecule has 0 atom stereocenters. The minimum absolute atomic E-state index is 0.0503. The maximum absolute atomic E-state index is 13.0. The SMILES string of the molecule is Oc1cc(F)cc(CNCc2ccncc2)c1. The molecule has 0 aliphatic carbocycles. The molecular formula is C13H13FN2O. The second kappa shape index (κ2) is 5.41. The molecule has 17 heavy (non-hydrogen) atoms.